The molecule has 3 aliphatic heterocycles. The van der Waals surface area contributed by atoms with Crippen molar-refractivity contribution in [1.82, 2.24) is 39.0 Å². The molecule has 46 heavy (non-hydrogen) atoms. The van der Waals surface area contributed by atoms with Gasteiger partial charge in [0.2, 0.25) is 11.9 Å². The van der Waals surface area contributed by atoms with Crippen LogP contribution < -0.4 is 22.6 Å². The van der Waals surface area contributed by atoms with E-state index in [1.807, 2.05) is 0 Å². The molecular formula is C20H24N10O13P2S. The van der Waals surface area contributed by atoms with Gasteiger partial charge in [-0.05, 0) is 0 Å². The van der Waals surface area contributed by atoms with Crippen molar-refractivity contribution in [2.24, 2.45) is 0 Å². The van der Waals surface area contributed by atoms with Gasteiger partial charge in [-0.2, -0.15) is 9.97 Å². The predicted molar refractivity (Wildman–Crippen MR) is 153 cm³/mol. The minimum atomic E-state index is -5.11. The number of rotatable bonds is 2. The number of aliphatic hydroxyl groups is 2. The number of nitrogen functional groups attached to an aromatic ring is 2. The summed E-state index contributed by atoms with van der Waals surface area (Å²) in [5, 5.41) is 22.3. The quantitative estimate of drug-likeness (QED) is 0.0816. The first-order chi connectivity index (χ1) is 21.7. The summed E-state index contributed by atoms with van der Waals surface area (Å²) >= 11 is 3.99. The molecule has 2 bridgehead atoms. The minimum absolute atomic E-state index is 0.0829. The van der Waals surface area contributed by atoms with E-state index >= 15 is 0 Å². The van der Waals surface area contributed by atoms with Gasteiger partial charge < -0.3 is 36.0 Å². The van der Waals surface area contributed by atoms with Gasteiger partial charge >= 0.3 is 14.6 Å². The maximum atomic E-state index is 13.4. The number of nitrogens with zero attached hydrogens (tertiary/aromatic N) is 6. The zero-order valence-corrected chi connectivity index (χ0v) is 25.5. The maximum Gasteiger partial charge on any atom is 0.472 e. The largest absolute Gasteiger partial charge is 0.472 e. The molecule has 4 aromatic heterocycles. The van der Waals surface area contributed by atoms with E-state index in [0.717, 1.165) is 21.8 Å². The van der Waals surface area contributed by atoms with E-state index in [-0.39, 0.29) is 34.2 Å². The molecule has 9 N–H and O–H groups in total. The Morgan fingerprint density at radius 2 is 1.37 bits per heavy atom. The topological polar surface area (TPSA) is 329 Å². The molecule has 1 unspecified atom stereocenters. The van der Waals surface area contributed by atoms with Crippen LogP contribution in [0.15, 0.2) is 22.2 Å². The molecular weight excluding hydrogens is 682 g/mol. The van der Waals surface area contributed by atoms with Crippen molar-refractivity contribution in [1.29, 1.82) is 0 Å². The zero-order chi connectivity index (χ0) is 32.7. The van der Waals surface area contributed by atoms with Crippen LogP contribution in [0.1, 0.15) is 12.5 Å². The smallest absolute Gasteiger partial charge is 0.387 e. The highest BCUT2D eigenvalue weighted by Crippen LogP contribution is 2.58. The van der Waals surface area contributed by atoms with Crippen LogP contribution in [0.4, 0.5) is 11.9 Å². The van der Waals surface area contributed by atoms with Crippen LogP contribution >= 0.6 is 26.9 Å². The summed E-state index contributed by atoms with van der Waals surface area (Å²) in [6.45, 7) is -5.91. The number of nitrogens with one attached hydrogen (secondary N) is 2. The van der Waals surface area contributed by atoms with E-state index < -0.39 is 88.0 Å². The summed E-state index contributed by atoms with van der Waals surface area (Å²) in [6, 6.07) is 0. The molecule has 7 rings (SSSR count). The Kier molecular flexibility index (Phi) is 7.62. The number of anilines is 2. The molecule has 3 fully saturated rings. The number of fused-ring (bicyclic) bond motifs is 5. The predicted octanol–water partition coefficient (Wildman–Crippen LogP) is -2.11. The number of hydrogen-bond acceptors (Lipinski definition) is 18. The molecule has 0 radical (unpaired) electrons. The summed E-state index contributed by atoms with van der Waals surface area (Å²) in [5.74, 6) is -0.532. The summed E-state index contributed by atoms with van der Waals surface area (Å²) in [7, 11) is -5.11. The zero-order valence-electron chi connectivity index (χ0n) is 22.8. The molecule has 26 heteroatoms. The fourth-order valence-electron chi connectivity index (χ4n) is 5.37. The van der Waals surface area contributed by atoms with Gasteiger partial charge in [0, 0.05) is 0 Å². The van der Waals surface area contributed by atoms with E-state index in [1.165, 1.54) is 0 Å². The van der Waals surface area contributed by atoms with Crippen LogP contribution in [-0.4, -0.2) is 104 Å². The Labute approximate surface area is 259 Å². The molecule has 7 heterocycles. The van der Waals surface area contributed by atoms with Crippen molar-refractivity contribution in [3.63, 3.8) is 0 Å². The molecule has 4 aromatic rings. The number of aliphatic hydroxyl groups excluding tert-OH is 2. The van der Waals surface area contributed by atoms with Crippen molar-refractivity contribution < 1.29 is 51.8 Å². The molecule has 248 valence electrons. The van der Waals surface area contributed by atoms with Gasteiger partial charge in [-0.25, -0.2) is 19.1 Å². The third-order valence-corrected chi connectivity index (χ3v) is 9.99. The number of aromatic nitrogens is 8. The molecule has 0 spiro atoms. The second-order valence-electron chi connectivity index (χ2n) is 10.3. The van der Waals surface area contributed by atoms with Gasteiger partial charge in [-0.15, -0.1) is 0 Å². The number of phosphoric acid groups is 1. The van der Waals surface area contributed by atoms with Crippen LogP contribution in [0, 0.1) is 0 Å². The molecule has 23 nitrogen and oxygen atoms in total. The van der Waals surface area contributed by atoms with Crippen molar-refractivity contribution in [3.05, 3.63) is 33.4 Å². The number of phosphoric ester groups is 1. The van der Waals surface area contributed by atoms with Crippen molar-refractivity contribution in [2.75, 3.05) is 24.7 Å². The van der Waals surface area contributed by atoms with E-state index in [1.54, 1.807) is 0 Å². The van der Waals surface area contributed by atoms with Crippen LogP contribution in [-0.2, 0) is 36.7 Å². The van der Waals surface area contributed by atoms with Gasteiger partial charge in [0.05, 0.1) is 25.9 Å². The summed E-state index contributed by atoms with van der Waals surface area (Å²) in [5.41, 5.74) is 9.46. The second-order valence-corrected chi connectivity index (χ2v) is 14.6. The number of nitrogens with two attached hydrogens (primary N) is 2. The number of thiol groups is 1. The SMILES string of the molecule is Nc1nc2c(ncn2[C@@H]2O[C@@H]3COP(=O)(O)O[C@@H]4[C@H](O)[C@@H](CO[P@@](=O)(S)O[C@H]3[C@H]2O)O[C@H]4n2cnc3c(=O)[nH]c(N)nc32)c(=O)[nH]1. The van der Waals surface area contributed by atoms with E-state index in [9.17, 15) is 33.8 Å². The summed E-state index contributed by atoms with van der Waals surface area (Å²) in [6.07, 6.45) is -10.1. The van der Waals surface area contributed by atoms with Crippen LogP contribution in [0.3, 0.4) is 0 Å². The minimum Gasteiger partial charge on any atom is -0.387 e. The van der Waals surface area contributed by atoms with E-state index in [0.29, 0.717) is 0 Å². The first-order valence-electron chi connectivity index (χ1n) is 13.1. The number of H-pyrrole nitrogens is 2. The first kappa shape index (κ1) is 31.4. The lowest BCUT2D eigenvalue weighted by molar-refractivity contribution is -0.0636. The Balaban J connectivity index is 1.21. The Bertz CT molecular complexity index is 2050. The molecule has 3 aliphatic rings. The Hall–Kier alpha value is -3.25. The number of ether oxygens (including phenoxy) is 2. The number of hydrogen-bond donors (Lipinski definition) is 8. The van der Waals surface area contributed by atoms with Gasteiger partial charge in [-0.1, -0.05) is 12.2 Å². The van der Waals surface area contributed by atoms with E-state index in [2.05, 4.69) is 42.2 Å². The maximum absolute atomic E-state index is 13.4. The lowest BCUT2D eigenvalue weighted by atomic mass is 10.1. The highest BCUT2D eigenvalue weighted by molar-refractivity contribution is 8.44. The third-order valence-electron chi connectivity index (χ3n) is 7.39. The fourth-order valence-corrected chi connectivity index (χ4v) is 7.79. The third kappa shape index (κ3) is 5.44. The van der Waals surface area contributed by atoms with Crippen molar-refractivity contribution in [3.8, 4) is 0 Å². The van der Waals surface area contributed by atoms with Gasteiger partial charge in [0.1, 0.15) is 36.6 Å². The average Bonchev–Trinajstić information content (AvgIpc) is 3.72. The van der Waals surface area contributed by atoms with Gasteiger partial charge in [0.25, 0.3) is 11.1 Å². The molecule has 0 saturated carbocycles. The normalized spacial score (nSPS) is 37.1. The second kappa shape index (κ2) is 11.2. The Morgan fingerprint density at radius 1 is 0.826 bits per heavy atom. The van der Waals surface area contributed by atoms with Crippen molar-refractivity contribution in [2.45, 2.75) is 49.1 Å². The number of aromatic amines is 2. The standard InChI is InChI=1S/C20H24N10O13P2S/c21-19-25-13-7(15(33)27-19)23-3-29(13)17-10(32)11-6(41-17)2-38-44(35,36)42-12-9(31)5(1-39-45(37,46)43-11)40-18(12)30-4-24-8-14(30)26-20(22)28-16(8)34/h3-6,9-12,17-18,31-32H,1-2H2,(H,35,36)(H,37,46)(H3,21,25,27,33)(H3,22,26,28,34)/t5-,6-,9-,10-,11-,12-,17-,18-,45-/m1/s1. The lowest BCUT2D eigenvalue weighted by Gasteiger charge is -2.26. The molecule has 0 aliphatic carbocycles. The van der Waals surface area contributed by atoms with Crippen LogP contribution in [0.5, 0.6) is 0 Å². The molecule has 3 saturated heterocycles. The molecule has 0 aromatic carbocycles. The highest BCUT2D eigenvalue weighted by atomic mass is 32.7. The fraction of sp³-hybridized carbons (Fsp3) is 0.500. The highest BCUT2D eigenvalue weighted by Gasteiger charge is 2.53. The van der Waals surface area contributed by atoms with Gasteiger partial charge in [0.15, 0.2) is 34.8 Å². The Morgan fingerprint density at radius 3 is 1.98 bits per heavy atom. The monoisotopic (exact) mass is 706 g/mol. The lowest BCUT2D eigenvalue weighted by Crippen LogP contribution is -2.36. The summed E-state index contributed by atoms with van der Waals surface area (Å²) in [4.78, 5) is 55.8. The van der Waals surface area contributed by atoms with Gasteiger partial charge in [-0.3, -0.25) is 46.8 Å². The molecule has 0 amide bonds. The summed E-state index contributed by atoms with van der Waals surface area (Å²) < 4.78 is 62.0. The molecule has 10 atom stereocenters. The van der Waals surface area contributed by atoms with Crippen LogP contribution in [0.25, 0.3) is 22.3 Å². The van der Waals surface area contributed by atoms with Crippen molar-refractivity contribution >= 4 is 61.1 Å². The van der Waals surface area contributed by atoms with E-state index in [4.69, 9.17) is 39.0 Å². The average molecular weight is 706 g/mol. The number of imidazole rings is 2. The van der Waals surface area contributed by atoms with Crippen LogP contribution in [0.2, 0.25) is 0 Å². The first-order valence-corrected chi connectivity index (χ1v) is 17.3.